The van der Waals surface area contributed by atoms with Gasteiger partial charge in [-0.15, -0.1) is 11.3 Å². The number of nitrogens with one attached hydrogen (secondary N) is 1. The summed E-state index contributed by atoms with van der Waals surface area (Å²) in [5.74, 6) is -1.15. The molecule has 0 bridgehead atoms. The van der Waals surface area contributed by atoms with E-state index < -0.39 is 18.1 Å². The fourth-order valence-corrected chi connectivity index (χ4v) is 4.99. The Kier molecular flexibility index (Phi) is 6.25. The average Bonchev–Trinajstić information content (AvgIpc) is 3.22. The molecule has 2 aromatic carbocycles. The second-order valence-corrected chi connectivity index (χ2v) is 8.19. The molecule has 2 heterocycles. The molecule has 2 N–H and O–H groups in total. The lowest BCUT2D eigenvalue weighted by molar-refractivity contribution is 0.0700. The van der Waals surface area contributed by atoms with Crippen LogP contribution >= 0.6 is 11.3 Å². The van der Waals surface area contributed by atoms with Crippen molar-refractivity contribution in [2.75, 3.05) is 38.3 Å². The van der Waals surface area contributed by atoms with Crippen LogP contribution in [0.25, 0.3) is 15.6 Å². The van der Waals surface area contributed by atoms with Crippen molar-refractivity contribution in [3.05, 3.63) is 69.9 Å². The summed E-state index contributed by atoms with van der Waals surface area (Å²) in [4.78, 5) is 30.1. The van der Waals surface area contributed by atoms with Crippen molar-refractivity contribution >= 4 is 44.9 Å². The molecule has 1 aromatic heterocycles. The monoisotopic (exact) mass is 451 g/mol. The fourth-order valence-electron chi connectivity index (χ4n) is 3.82. The van der Waals surface area contributed by atoms with Crippen LogP contribution in [0.4, 0.5) is 15.5 Å². The van der Waals surface area contributed by atoms with Crippen molar-refractivity contribution in [2.45, 2.75) is 6.04 Å². The van der Waals surface area contributed by atoms with E-state index in [4.69, 9.17) is 16.0 Å². The van der Waals surface area contributed by atoms with Gasteiger partial charge in [0, 0.05) is 18.7 Å². The highest BCUT2D eigenvalue weighted by Gasteiger charge is 2.33. The number of rotatable bonds is 5. The van der Waals surface area contributed by atoms with Crippen LogP contribution in [-0.4, -0.2) is 50.6 Å². The number of ether oxygens (including phenoxy) is 2. The Labute approximate surface area is 188 Å². The summed E-state index contributed by atoms with van der Waals surface area (Å²) >= 11 is 1.05. The number of fused-ring (bicyclic) bond motifs is 1. The lowest BCUT2D eigenvalue weighted by Crippen LogP contribution is -2.35. The van der Waals surface area contributed by atoms with Crippen LogP contribution in [0.1, 0.15) is 26.8 Å². The van der Waals surface area contributed by atoms with Crippen molar-refractivity contribution in [2.24, 2.45) is 0 Å². The zero-order valence-corrected chi connectivity index (χ0v) is 18.1. The van der Waals surface area contributed by atoms with E-state index in [1.54, 1.807) is 0 Å². The highest BCUT2D eigenvalue weighted by molar-refractivity contribution is 7.18. The molecule has 32 heavy (non-hydrogen) atoms. The number of carboxylic acid groups (broad SMARTS) is 1. The van der Waals surface area contributed by atoms with Gasteiger partial charge >= 0.3 is 12.1 Å². The molecule has 1 fully saturated rings. The summed E-state index contributed by atoms with van der Waals surface area (Å²) < 4.78 is 10.2. The third-order valence-electron chi connectivity index (χ3n) is 5.35. The summed E-state index contributed by atoms with van der Waals surface area (Å²) in [6.45, 7) is 9.98. The largest absolute Gasteiger partial charge is 0.477 e. The van der Waals surface area contributed by atoms with Gasteiger partial charge in [0.25, 0.3) is 0 Å². The number of methoxy groups -OCH3 is 1. The van der Waals surface area contributed by atoms with Gasteiger partial charge in [0.1, 0.15) is 4.88 Å². The maximum Gasteiger partial charge on any atom is 0.407 e. The van der Waals surface area contributed by atoms with E-state index in [0.29, 0.717) is 36.9 Å². The van der Waals surface area contributed by atoms with E-state index in [9.17, 15) is 14.7 Å². The third kappa shape index (κ3) is 4.10. The summed E-state index contributed by atoms with van der Waals surface area (Å²) in [5, 5.41) is 15.2. The van der Waals surface area contributed by atoms with Crippen LogP contribution in [0.15, 0.2) is 42.5 Å². The van der Waals surface area contributed by atoms with Gasteiger partial charge in [-0.1, -0.05) is 36.4 Å². The predicted molar refractivity (Wildman–Crippen MR) is 122 cm³/mol. The maximum absolute atomic E-state index is 12.2. The van der Waals surface area contributed by atoms with E-state index >= 15 is 0 Å². The van der Waals surface area contributed by atoms with E-state index in [-0.39, 0.29) is 16.1 Å². The fraction of sp³-hybridized carbons (Fsp3) is 0.261. The third-order valence-corrected chi connectivity index (χ3v) is 6.59. The smallest absolute Gasteiger partial charge is 0.407 e. The first-order valence-corrected chi connectivity index (χ1v) is 10.8. The van der Waals surface area contributed by atoms with Crippen molar-refractivity contribution in [3.8, 4) is 0 Å². The number of alkyl carbamates (subject to hydrolysis) is 1. The Balaban J connectivity index is 1.91. The molecule has 0 aliphatic carbocycles. The number of thiophene rings is 1. The van der Waals surface area contributed by atoms with Crippen LogP contribution in [-0.2, 0) is 9.47 Å². The first-order chi connectivity index (χ1) is 15.5. The minimum Gasteiger partial charge on any atom is -0.477 e. The number of amides is 1. The lowest BCUT2D eigenvalue weighted by atomic mass is 9.95. The molecule has 1 unspecified atom stereocenters. The predicted octanol–water partition coefficient (Wildman–Crippen LogP) is 4.43. The maximum atomic E-state index is 12.2. The van der Waals surface area contributed by atoms with Crippen LogP contribution in [0.3, 0.4) is 0 Å². The first kappa shape index (κ1) is 21.6. The molecule has 0 radical (unpaired) electrons. The Morgan fingerprint density at radius 1 is 1.22 bits per heavy atom. The number of hydrogen-bond acceptors (Lipinski definition) is 6. The highest BCUT2D eigenvalue weighted by Crippen LogP contribution is 2.47. The minimum absolute atomic E-state index is 0.0204. The molecule has 3 aromatic rings. The number of carbonyl (C=O) groups excluding carboxylic acids is 1. The molecule has 164 valence electrons. The number of carbonyl (C=O) groups is 2. The Morgan fingerprint density at radius 2 is 1.94 bits per heavy atom. The zero-order chi connectivity index (χ0) is 22.7. The summed E-state index contributed by atoms with van der Waals surface area (Å²) in [6.07, 6.45) is -0.713. The molecule has 1 atom stereocenters. The van der Waals surface area contributed by atoms with Gasteiger partial charge in [0.2, 0.25) is 5.69 Å². The van der Waals surface area contributed by atoms with Crippen molar-refractivity contribution in [3.63, 3.8) is 0 Å². The van der Waals surface area contributed by atoms with E-state index in [1.807, 2.05) is 47.4 Å². The topological polar surface area (TPSA) is 92.5 Å². The van der Waals surface area contributed by atoms with Crippen molar-refractivity contribution in [1.82, 2.24) is 5.32 Å². The highest BCUT2D eigenvalue weighted by atomic mass is 32.1. The average molecular weight is 452 g/mol. The normalized spacial score (nSPS) is 14.6. The number of hydrogen-bond donors (Lipinski definition) is 2. The number of carboxylic acids is 1. The van der Waals surface area contributed by atoms with Gasteiger partial charge < -0.3 is 24.8 Å². The number of benzene rings is 2. The Hall–Kier alpha value is -3.61. The van der Waals surface area contributed by atoms with Crippen molar-refractivity contribution in [1.29, 1.82) is 0 Å². The van der Waals surface area contributed by atoms with Crippen LogP contribution < -0.4 is 10.2 Å². The number of aromatic carboxylic acids is 1. The quantitative estimate of drug-likeness (QED) is 0.558. The molecular weight excluding hydrogens is 430 g/mol. The summed E-state index contributed by atoms with van der Waals surface area (Å²) in [5.41, 5.74) is 1.15. The zero-order valence-electron chi connectivity index (χ0n) is 17.3. The van der Waals surface area contributed by atoms with Gasteiger partial charge in [-0.05, 0) is 22.4 Å². The molecule has 4 rings (SSSR count). The van der Waals surface area contributed by atoms with Gasteiger partial charge in [0.05, 0.1) is 37.9 Å². The second-order valence-electron chi connectivity index (χ2n) is 7.19. The molecule has 0 saturated carbocycles. The lowest BCUT2D eigenvalue weighted by Gasteiger charge is -2.28. The summed E-state index contributed by atoms with van der Waals surface area (Å²) in [6, 6.07) is 12.5. The van der Waals surface area contributed by atoms with Gasteiger partial charge in [-0.3, -0.25) is 0 Å². The van der Waals surface area contributed by atoms with Gasteiger partial charge in [0.15, 0.2) is 0 Å². The molecule has 8 nitrogen and oxygen atoms in total. The molecule has 1 aliphatic rings. The second kappa shape index (κ2) is 9.26. The number of nitrogens with zero attached hydrogens (tertiary/aromatic N) is 2. The Morgan fingerprint density at radius 3 is 2.59 bits per heavy atom. The van der Waals surface area contributed by atoms with Crippen molar-refractivity contribution < 1.29 is 24.2 Å². The van der Waals surface area contributed by atoms with E-state index in [0.717, 1.165) is 22.1 Å². The molecule has 1 amide bonds. The SMILES string of the molecule is [C-]#[N+]c1c(N2CCOCC2)sc(C(=O)O)c1C(NC(=O)OC)c1ccc2ccccc2c1. The summed E-state index contributed by atoms with van der Waals surface area (Å²) in [7, 11) is 1.24. The minimum atomic E-state index is -1.15. The van der Waals surface area contributed by atoms with Gasteiger partial charge in [-0.2, -0.15) is 0 Å². The van der Waals surface area contributed by atoms with Gasteiger partial charge in [-0.25, -0.2) is 14.4 Å². The van der Waals surface area contributed by atoms with Crippen LogP contribution in [0.2, 0.25) is 0 Å². The van der Waals surface area contributed by atoms with Crippen LogP contribution in [0.5, 0.6) is 0 Å². The molecular formula is C23H21N3O5S. The number of morpholine rings is 1. The molecule has 1 aliphatic heterocycles. The number of anilines is 1. The molecule has 9 heteroatoms. The van der Waals surface area contributed by atoms with E-state index in [2.05, 4.69) is 10.2 Å². The molecule has 0 spiro atoms. The van der Waals surface area contributed by atoms with E-state index in [1.165, 1.54) is 7.11 Å². The standard InChI is InChI=1S/C23H21N3O5S/c1-24-19-17(20(22(27)28)32-21(19)26-9-11-31-12-10-26)18(25-23(29)30-2)16-8-7-14-5-3-4-6-15(14)13-16/h3-8,13,18H,9-12H2,2H3,(H,25,29)(H,27,28). The van der Waals surface area contributed by atoms with Crippen LogP contribution in [0, 0.1) is 6.57 Å². The molecule has 1 saturated heterocycles. The Bertz CT molecular complexity index is 1210. The first-order valence-electron chi connectivity index (χ1n) is 9.96.